The minimum atomic E-state index is 0.0310. The van der Waals surface area contributed by atoms with Crippen LogP contribution in [0.3, 0.4) is 0 Å². The molecule has 1 amide bonds. The maximum Gasteiger partial charge on any atom is 0.274 e. The molecule has 0 aliphatic carbocycles. The number of likely N-dealkylation sites (tertiary alicyclic amines) is 2. The molecule has 3 aliphatic heterocycles. The number of hydrogen-bond donors (Lipinski definition) is 0. The van der Waals surface area contributed by atoms with E-state index in [9.17, 15) is 4.79 Å². The summed E-state index contributed by atoms with van der Waals surface area (Å²) in [5.74, 6) is 2.06. The van der Waals surface area contributed by atoms with Crippen LogP contribution in [0.2, 0.25) is 0 Å². The molecule has 0 saturated carbocycles. The minimum absolute atomic E-state index is 0.0310. The van der Waals surface area contributed by atoms with Crippen LogP contribution in [0.4, 0.5) is 0 Å². The summed E-state index contributed by atoms with van der Waals surface area (Å²) in [4.78, 5) is 25.2. The van der Waals surface area contributed by atoms with Crippen LogP contribution in [0.25, 0.3) is 0 Å². The molecule has 3 saturated heterocycles. The second-order valence-corrected chi connectivity index (χ2v) is 7.10. The van der Waals surface area contributed by atoms with Crippen LogP contribution in [0.5, 0.6) is 0 Å². The molecule has 0 aromatic carbocycles. The molecule has 3 fully saturated rings. The van der Waals surface area contributed by atoms with Gasteiger partial charge in [-0.25, -0.2) is 4.98 Å². The van der Waals surface area contributed by atoms with Crippen LogP contribution in [0.1, 0.15) is 23.3 Å². The summed E-state index contributed by atoms with van der Waals surface area (Å²) in [6.45, 7) is 7.04. The SMILES string of the molecule is O=C(c1cnccn1)N1C[C@H]2CN(CC3CCOCC3)C[C@H]2C1. The Labute approximate surface area is 136 Å². The van der Waals surface area contributed by atoms with Gasteiger partial charge in [0.05, 0.1) is 6.20 Å². The smallest absolute Gasteiger partial charge is 0.274 e. The normalized spacial score (nSPS) is 29.0. The average Bonchev–Trinajstić information content (AvgIpc) is 3.14. The van der Waals surface area contributed by atoms with E-state index in [0.717, 1.165) is 45.3 Å². The Morgan fingerprint density at radius 3 is 2.52 bits per heavy atom. The molecule has 6 heteroatoms. The summed E-state index contributed by atoms with van der Waals surface area (Å²) in [5, 5.41) is 0. The Morgan fingerprint density at radius 2 is 1.87 bits per heavy atom. The number of carbonyl (C=O) groups is 1. The van der Waals surface area contributed by atoms with E-state index in [1.165, 1.54) is 19.4 Å². The van der Waals surface area contributed by atoms with E-state index >= 15 is 0 Å². The molecule has 4 rings (SSSR count). The van der Waals surface area contributed by atoms with E-state index < -0.39 is 0 Å². The predicted molar refractivity (Wildman–Crippen MR) is 84.9 cm³/mol. The van der Waals surface area contributed by atoms with Crippen LogP contribution in [-0.4, -0.2) is 71.6 Å². The lowest BCUT2D eigenvalue weighted by atomic mass is 10.00. The number of carbonyl (C=O) groups excluding carboxylic acids is 1. The second kappa shape index (κ2) is 6.53. The molecule has 0 N–H and O–H groups in total. The summed E-state index contributed by atoms with van der Waals surface area (Å²) in [6, 6.07) is 0. The maximum atomic E-state index is 12.5. The van der Waals surface area contributed by atoms with Crippen molar-refractivity contribution in [3.8, 4) is 0 Å². The van der Waals surface area contributed by atoms with Gasteiger partial charge in [0.25, 0.3) is 5.91 Å². The van der Waals surface area contributed by atoms with Crippen LogP contribution in [0.15, 0.2) is 18.6 Å². The molecular weight excluding hydrogens is 292 g/mol. The van der Waals surface area contributed by atoms with Gasteiger partial charge in [-0.1, -0.05) is 0 Å². The van der Waals surface area contributed by atoms with Crippen molar-refractivity contribution in [1.29, 1.82) is 0 Å². The van der Waals surface area contributed by atoms with Gasteiger partial charge < -0.3 is 14.5 Å². The number of nitrogens with zero attached hydrogens (tertiary/aromatic N) is 4. The van der Waals surface area contributed by atoms with E-state index in [2.05, 4.69) is 14.9 Å². The van der Waals surface area contributed by atoms with Crippen molar-refractivity contribution >= 4 is 5.91 Å². The summed E-state index contributed by atoms with van der Waals surface area (Å²) in [5.41, 5.74) is 0.464. The van der Waals surface area contributed by atoms with Gasteiger partial charge in [0.2, 0.25) is 0 Å². The van der Waals surface area contributed by atoms with Gasteiger partial charge >= 0.3 is 0 Å². The highest BCUT2D eigenvalue weighted by atomic mass is 16.5. The lowest BCUT2D eigenvalue weighted by Gasteiger charge is -2.28. The van der Waals surface area contributed by atoms with E-state index in [4.69, 9.17) is 4.74 Å². The summed E-state index contributed by atoms with van der Waals surface area (Å²) in [7, 11) is 0. The fraction of sp³-hybridized carbons (Fsp3) is 0.706. The monoisotopic (exact) mass is 316 g/mol. The van der Waals surface area contributed by atoms with Gasteiger partial charge in [-0.15, -0.1) is 0 Å². The minimum Gasteiger partial charge on any atom is -0.381 e. The van der Waals surface area contributed by atoms with Gasteiger partial charge in [0, 0.05) is 58.3 Å². The summed E-state index contributed by atoms with van der Waals surface area (Å²) in [6.07, 6.45) is 7.14. The standard InChI is InChI=1S/C17H24N4O2/c22-17(16-7-18-3-4-19-16)21-11-14-9-20(10-15(14)12-21)8-13-1-5-23-6-2-13/h3-4,7,13-15H,1-2,5-6,8-12H2/t14-,15+. The van der Waals surface area contributed by atoms with E-state index in [1.54, 1.807) is 18.6 Å². The van der Waals surface area contributed by atoms with Gasteiger partial charge in [-0.3, -0.25) is 9.78 Å². The lowest BCUT2D eigenvalue weighted by molar-refractivity contribution is 0.0536. The van der Waals surface area contributed by atoms with Crippen molar-refractivity contribution in [1.82, 2.24) is 19.8 Å². The highest BCUT2D eigenvalue weighted by Crippen LogP contribution is 2.32. The predicted octanol–water partition coefficient (Wildman–Crippen LogP) is 0.907. The van der Waals surface area contributed by atoms with Gasteiger partial charge in [-0.2, -0.15) is 0 Å². The van der Waals surface area contributed by atoms with Gasteiger partial charge in [-0.05, 0) is 30.6 Å². The number of aromatic nitrogens is 2. The number of hydrogen-bond acceptors (Lipinski definition) is 5. The molecule has 6 nitrogen and oxygen atoms in total. The van der Waals surface area contributed by atoms with Crippen molar-refractivity contribution in [2.45, 2.75) is 12.8 Å². The Morgan fingerprint density at radius 1 is 1.13 bits per heavy atom. The molecule has 0 unspecified atom stereocenters. The number of fused-ring (bicyclic) bond motifs is 1. The second-order valence-electron chi connectivity index (χ2n) is 7.10. The Balaban J connectivity index is 1.30. The Bertz CT molecular complexity index is 533. The van der Waals surface area contributed by atoms with Crippen LogP contribution < -0.4 is 0 Å². The van der Waals surface area contributed by atoms with Crippen molar-refractivity contribution in [3.05, 3.63) is 24.3 Å². The molecule has 0 bridgehead atoms. The van der Waals surface area contributed by atoms with Crippen molar-refractivity contribution in [2.24, 2.45) is 17.8 Å². The first-order valence-corrected chi connectivity index (χ1v) is 8.65. The molecule has 3 aliphatic rings. The van der Waals surface area contributed by atoms with E-state index in [0.29, 0.717) is 17.5 Å². The lowest BCUT2D eigenvalue weighted by Crippen LogP contribution is -2.36. The third-order valence-electron chi connectivity index (χ3n) is 5.49. The first-order chi connectivity index (χ1) is 11.3. The molecule has 0 spiro atoms. The molecule has 4 heterocycles. The fourth-order valence-corrected chi connectivity index (χ4v) is 4.27. The van der Waals surface area contributed by atoms with Crippen molar-refractivity contribution in [3.63, 3.8) is 0 Å². The van der Waals surface area contributed by atoms with Gasteiger partial charge in [0.15, 0.2) is 0 Å². The fourth-order valence-electron chi connectivity index (χ4n) is 4.27. The van der Waals surface area contributed by atoms with E-state index in [-0.39, 0.29) is 5.91 Å². The van der Waals surface area contributed by atoms with Crippen LogP contribution >= 0.6 is 0 Å². The summed E-state index contributed by atoms with van der Waals surface area (Å²) < 4.78 is 5.45. The largest absolute Gasteiger partial charge is 0.381 e. The first-order valence-electron chi connectivity index (χ1n) is 8.65. The molecule has 124 valence electrons. The van der Waals surface area contributed by atoms with Crippen molar-refractivity contribution < 1.29 is 9.53 Å². The highest BCUT2D eigenvalue weighted by Gasteiger charge is 2.42. The maximum absolute atomic E-state index is 12.5. The molecule has 23 heavy (non-hydrogen) atoms. The molecule has 2 atom stereocenters. The molecule has 0 radical (unpaired) electrons. The number of amides is 1. The zero-order valence-electron chi connectivity index (χ0n) is 13.4. The molecule has 1 aromatic heterocycles. The zero-order valence-corrected chi connectivity index (χ0v) is 13.4. The number of rotatable bonds is 3. The summed E-state index contributed by atoms with van der Waals surface area (Å²) >= 11 is 0. The third-order valence-corrected chi connectivity index (χ3v) is 5.49. The molecule has 1 aromatic rings. The van der Waals surface area contributed by atoms with Crippen LogP contribution in [-0.2, 0) is 4.74 Å². The number of ether oxygens (including phenoxy) is 1. The van der Waals surface area contributed by atoms with Crippen molar-refractivity contribution in [2.75, 3.05) is 45.9 Å². The van der Waals surface area contributed by atoms with Gasteiger partial charge in [0.1, 0.15) is 5.69 Å². The highest BCUT2D eigenvalue weighted by molar-refractivity contribution is 5.92. The van der Waals surface area contributed by atoms with E-state index in [1.807, 2.05) is 4.90 Å². The zero-order chi connectivity index (χ0) is 15.6. The Hall–Kier alpha value is -1.53. The average molecular weight is 316 g/mol. The topological polar surface area (TPSA) is 58.6 Å². The quantitative estimate of drug-likeness (QED) is 0.829. The molecular formula is C17H24N4O2. The first kappa shape index (κ1) is 15.0. The van der Waals surface area contributed by atoms with Crippen LogP contribution in [0, 0.1) is 17.8 Å². The third kappa shape index (κ3) is 3.23. The Kier molecular flexibility index (Phi) is 4.27.